The van der Waals surface area contributed by atoms with Crippen molar-refractivity contribution in [2.45, 2.75) is 24.3 Å². The molecule has 1 saturated carbocycles. The van der Waals surface area contributed by atoms with Gasteiger partial charge in [0.2, 0.25) is 0 Å². The first-order valence-corrected chi connectivity index (χ1v) is 7.31. The van der Waals surface area contributed by atoms with E-state index in [-0.39, 0.29) is 17.9 Å². The minimum atomic E-state index is -0.0725. The van der Waals surface area contributed by atoms with Crippen LogP contribution in [0.15, 0.2) is 23.4 Å². The highest BCUT2D eigenvalue weighted by Crippen LogP contribution is 2.47. The van der Waals surface area contributed by atoms with Crippen molar-refractivity contribution in [2.75, 3.05) is 19.4 Å². The molecule has 1 aliphatic carbocycles. The van der Waals surface area contributed by atoms with Crippen molar-refractivity contribution in [3.63, 3.8) is 0 Å². The number of amides is 1. The van der Waals surface area contributed by atoms with Crippen LogP contribution in [0.1, 0.15) is 29.6 Å². The Labute approximate surface area is 111 Å². The van der Waals surface area contributed by atoms with Crippen LogP contribution < -0.4 is 5.32 Å². The molecule has 18 heavy (non-hydrogen) atoms. The smallest absolute Gasteiger partial charge is 0.254 e. The topological polar surface area (TPSA) is 62.2 Å². The molecule has 0 bridgehead atoms. The van der Waals surface area contributed by atoms with Gasteiger partial charge in [-0.1, -0.05) is 0 Å². The normalized spacial score (nSPS) is 16.3. The molecular weight excluding hydrogens is 248 g/mol. The third-order valence-corrected chi connectivity index (χ3v) is 4.14. The zero-order valence-corrected chi connectivity index (χ0v) is 11.3. The van der Waals surface area contributed by atoms with Gasteiger partial charge in [0.25, 0.3) is 5.91 Å². The van der Waals surface area contributed by atoms with E-state index in [0.717, 1.165) is 24.3 Å². The summed E-state index contributed by atoms with van der Waals surface area (Å²) in [5.74, 6) is -0.0725. The Bertz CT molecular complexity index is 433. The molecule has 0 aromatic carbocycles. The minimum absolute atomic E-state index is 0.0725. The highest BCUT2D eigenvalue weighted by atomic mass is 32.2. The molecule has 0 unspecified atom stereocenters. The summed E-state index contributed by atoms with van der Waals surface area (Å²) in [5.41, 5.74) is 0.774. The number of hydrogen-bond acceptors (Lipinski definition) is 4. The molecule has 2 N–H and O–H groups in total. The largest absolute Gasteiger partial charge is 0.396 e. The first-order valence-electron chi connectivity index (χ1n) is 6.09. The Morgan fingerprint density at radius 1 is 1.61 bits per heavy atom. The molecule has 2 rings (SSSR count). The number of aliphatic hydroxyl groups is 1. The number of aromatic nitrogens is 1. The van der Waals surface area contributed by atoms with Crippen LogP contribution in [0.3, 0.4) is 0 Å². The van der Waals surface area contributed by atoms with Crippen LogP contribution in [0, 0.1) is 5.41 Å². The van der Waals surface area contributed by atoms with Gasteiger partial charge >= 0.3 is 0 Å². The lowest BCUT2D eigenvalue weighted by atomic mass is 10.0. The van der Waals surface area contributed by atoms with Crippen molar-refractivity contribution in [1.82, 2.24) is 10.3 Å². The third kappa shape index (κ3) is 3.03. The number of carbonyl (C=O) groups excluding carboxylic acids is 1. The molecule has 0 atom stereocenters. The summed E-state index contributed by atoms with van der Waals surface area (Å²) in [4.78, 5) is 16.3. The van der Waals surface area contributed by atoms with Crippen molar-refractivity contribution < 1.29 is 9.90 Å². The van der Waals surface area contributed by atoms with Crippen LogP contribution in [0.25, 0.3) is 0 Å². The fourth-order valence-electron chi connectivity index (χ4n) is 2.02. The van der Waals surface area contributed by atoms with Gasteiger partial charge in [0.15, 0.2) is 0 Å². The van der Waals surface area contributed by atoms with Crippen LogP contribution in [-0.2, 0) is 0 Å². The molecule has 1 amide bonds. The maximum absolute atomic E-state index is 12.1. The molecule has 1 aromatic rings. The van der Waals surface area contributed by atoms with Gasteiger partial charge in [-0.2, -0.15) is 0 Å². The van der Waals surface area contributed by atoms with Crippen LogP contribution in [0.5, 0.6) is 0 Å². The number of rotatable bonds is 6. The highest BCUT2D eigenvalue weighted by molar-refractivity contribution is 7.98. The van der Waals surface area contributed by atoms with E-state index in [0.29, 0.717) is 12.1 Å². The Balaban J connectivity index is 1.96. The monoisotopic (exact) mass is 266 g/mol. The summed E-state index contributed by atoms with van der Waals surface area (Å²) in [6.45, 7) is 0.841. The van der Waals surface area contributed by atoms with E-state index in [4.69, 9.17) is 5.11 Å². The maximum Gasteiger partial charge on any atom is 0.254 e. The second-order valence-corrected chi connectivity index (χ2v) is 5.51. The van der Waals surface area contributed by atoms with E-state index >= 15 is 0 Å². The predicted molar refractivity (Wildman–Crippen MR) is 71.7 cm³/mol. The quantitative estimate of drug-likeness (QED) is 0.769. The van der Waals surface area contributed by atoms with Gasteiger partial charge in [-0.15, -0.1) is 11.8 Å². The molecule has 98 valence electrons. The molecule has 0 radical (unpaired) electrons. The number of aliphatic hydroxyl groups excluding tert-OH is 1. The first-order chi connectivity index (χ1) is 8.71. The number of pyridine rings is 1. The van der Waals surface area contributed by atoms with Crippen molar-refractivity contribution in [1.29, 1.82) is 0 Å². The van der Waals surface area contributed by atoms with E-state index in [1.54, 1.807) is 18.3 Å². The number of nitrogens with zero attached hydrogens (tertiary/aromatic N) is 1. The lowest BCUT2D eigenvalue weighted by molar-refractivity contribution is 0.0937. The Kier molecular flexibility index (Phi) is 4.24. The van der Waals surface area contributed by atoms with Crippen molar-refractivity contribution in [3.05, 3.63) is 23.9 Å². The third-order valence-electron chi connectivity index (χ3n) is 3.43. The summed E-state index contributed by atoms with van der Waals surface area (Å²) in [6.07, 6.45) is 6.56. The second kappa shape index (κ2) is 5.71. The number of nitrogens with one attached hydrogen (secondary N) is 1. The fraction of sp³-hybridized carbons (Fsp3) is 0.538. The molecule has 0 saturated heterocycles. The van der Waals surface area contributed by atoms with Crippen molar-refractivity contribution in [2.24, 2.45) is 5.41 Å². The number of hydrogen-bond donors (Lipinski definition) is 2. The minimum Gasteiger partial charge on any atom is -0.396 e. The predicted octanol–water partition coefficient (Wildman–Crippen LogP) is 1.70. The maximum atomic E-state index is 12.1. The van der Waals surface area contributed by atoms with Gasteiger partial charge in [-0.05, 0) is 43.1 Å². The van der Waals surface area contributed by atoms with Crippen LogP contribution in [-0.4, -0.2) is 35.4 Å². The average Bonchev–Trinajstić information content (AvgIpc) is 3.16. The van der Waals surface area contributed by atoms with Crippen molar-refractivity contribution in [3.8, 4) is 0 Å². The lowest BCUT2D eigenvalue weighted by Gasteiger charge is -2.15. The SMILES string of the molecule is CSc1ncccc1C(=O)NCC1(CCO)CC1. The summed E-state index contributed by atoms with van der Waals surface area (Å²) < 4.78 is 0. The first kappa shape index (κ1) is 13.4. The summed E-state index contributed by atoms with van der Waals surface area (Å²) in [7, 11) is 0. The Morgan fingerprint density at radius 2 is 2.39 bits per heavy atom. The van der Waals surface area contributed by atoms with E-state index in [1.165, 1.54) is 11.8 Å². The molecule has 4 nitrogen and oxygen atoms in total. The molecular formula is C13H18N2O2S. The van der Waals surface area contributed by atoms with Crippen LogP contribution >= 0.6 is 11.8 Å². The Hall–Kier alpha value is -1.07. The van der Waals surface area contributed by atoms with Gasteiger partial charge in [0, 0.05) is 19.3 Å². The molecule has 1 aromatic heterocycles. The van der Waals surface area contributed by atoms with Gasteiger partial charge in [0.1, 0.15) is 5.03 Å². The zero-order valence-electron chi connectivity index (χ0n) is 10.5. The van der Waals surface area contributed by atoms with Crippen LogP contribution in [0.4, 0.5) is 0 Å². The van der Waals surface area contributed by atoms with Gasteiger partial charge in [0.05, 0.1) is 5.56 Å². The standard InChI is InChI=1S/C13H18N2O2S/c1-18-12-10(3-2-7-14-12)11(17)15-9-13(4-5-13)6-8-16/h2-3,7,16H,4-6,8-9H2,1H3,(H,15,17). The van der Waals surface area contributed by atoms with E-state index in [1.807, 2.05) is 6.26 Å². The van der Waals surface area contributed by atoms with Gasteiger partial charge in [-0.3, -0.25) is 4.79 Å². The molecule has 1 heterocycles. The highest BCUT2D eigenvalue weighted by Gasteiger charge is 2.41. The average molecular weight is 266 g/mol. The molecule has 0 aliphatic heterocycles. The summed E-state index contributed by atoms with van der Waals surface area (Å²) >= 11 is 1.47. The second-order valence-electron chi connectivity index (χ2n) is 4.72. The number of carbonyl (C=O) groups is 1. The van der Waals surface area contributed by atoms with E-state index in [9.17, 15) is 4.79 Å². The van der Waals surface area contributed by atoms with Gasteiger partial charge in [-0.25, -0.2) is 4.98 Å². The molecule has 5 heteroatoms. The summed E-state index contributed by atoms with van der Waals surface area (Å²) in [6, 6.07) is 3.56. The fourth-order valence-corrected chi connectivity index (χ4v) is 2.57. The van der Waals surface area contributed by atoms with Crippen molar-refractivity contribution >= 4 is 17.7 Å². The van der Waals surface area contributed by atoms with Gasteiger partial charge < -0.3 is 10.4 Å². The van der Waals surface area contributed by atoms with Crippen LogP contribution in [0.2, 0.25) is 0 Å². The summed E-state index contributed by atoms with van der Waals surface area (Å²) in [5, 5.41) is 12.7. The Morgan fingerprint density at radius 3 is 3.00 bits per heavy atom. The van der Waals surface area contributed by atoms with E-state index in [2.05, 4.69) is 10.3 Å². The molecule has 1 aliphatic rings. The molecule has 0 spiro atoms. The zero-order chi connectivity index (χ0) is 13.0. The van der Waals surface area contributed by atoms with E-state index < -0.39 is 0 Å². The number of thioether (sulfide) groups is 1. The lowest BCUT2D eigenvalue weighted by Crippen LogP contribution is -2.31. The molecule has 1 fully saturated rings.